The van der Waals surface area contributed by atoms with Gasteiger partial charge in [0.25, 0.3) is 0 Å². The molecule has 0 bridgehead atoms. The molecule has 0 saturated heterocycles. The van der Waals surface area contributed by atoms with Gasteiger partial charge in [0.05, 0.1) is 12.7 Å². The summed E-state index contributed by atoms with van der Waals surface area (Å²) in [6.45, 7) is 4.13. The van der Waals surface area contributed by atoms with E-state index in [0.29, 0.717) is 13.2 Å². The average molecular weight is 311 g/mol. The number of fused-ring (bicyclic) bond motifs is 1. The number of nitrogens with zero attached hydrogens (tertiary/aromatic N) is 4. The van der Waals surface area contributed by atoms with E-state index >= 15 is 0 Å². The number of hydrogen-bond acceptors (Lipinski definition) is 6. The number of esters is 1. The van der Waals surface area contributed by atoms with E-state index in [-0.39, 0.29) is 5.97 Å². The second kappa shape index (κ2) is 6.43. The Hall–Kier alpha value is -2.96. The van der Waals surface area contributed by atoms with Crippen LogP contribution in [0.25, 0.3) is 16.8 Å². The SMILES string of the molecule is CC(=O)OCCNc1cc(C)nc2c(-c3ccncc3)cnn12. The van der Waals surface area contributed by atoms with Crippen molar-refractivity contribution >= 4 is 17.4 Å². The molecule has 0 fully saturated rings. The van der Waals surface area contributed by atoms with Crippen molar-refractivity contribution in [3.63, 3.8) is 0 Å². The molecule has 23 heavy (non-hydrogen) atoms. The molecule has 7 heteroatoms. The van der Waals surface area contributed by atoms with Gasteiger partial charge in [0.15, 0.2) is 5.65 Å². The highest BCUT2D eigenvalue weighted by molar-refractivity contribution is 5.77. The molecule has 0 atom stereocenters. The van der Waals surface area contributed by atoms with Crippen molar-refractivity contribution in [2.45, 2.75) is 13.8 Å². The molecule has 0 radical (unpaired) electrons. The molecule has 1 N–H and O–H groups in total. The molecule has 0 aliphatic carbocycles. The Kier molecular flexibility index (Phi) is 4.18. The van der Waals surface area contributed by atoms with Crippen LogP contribution in [0, 0.1) is 6.92 Å². The molecule has 0 aliphatic rings. The maximum atomic E-state index is 10.8. The first-order chi connectivity index (χ1) is 11.1. The zero-order valence-electron chi connectivity index (χ0n) is 13.0. The van der Waals surface area contributed by atoms with Crippen molar-refractivity contribution in [1.82, 2.24) is 19.6 Å². The third kappa shape index (κ3) is 3.28. The van der Waals surface area contributed by atoms with Crippen molar-refractivity contribution in [1.29, 1.82) is 0 Å². The fraction of sp³-hybridized carbons (Fsp3) is 0.250. The molecule has 118 valence electrons. The summed E-state index contributed by atoms with van der Waals surface area (Å²) in [6, 6.07) is 5.76. The van der Waals surface area contributed by atoms with E-state index in [1.165, 1.54) is 6.92 Å². The number of rotatable bonds is 5. The van der Waals surface area contributed by atoms with Crippen molar-refractivity contribution in [2.24, 2.45) is 0 Å². The topological polar surface area (TPSA) is 81.4 Å². The number of pyridine rings is 1. The second-order valence-corrected chi connectivity index (χ2v) is 5.08. The maximum absolute atomic E-state index is 10.8. The first kappa shape index (κ1) is 15.0. The highest BCUT2D eigenvalue weighted by atomic mass is 16.5. The summed E-state index contributed by atoms with van der Waals surface area (Å²) >= 11 is 0. The highest BCUT2D eigenvalue weighted by Gasteiger charge is 2.11. The van der Waals surface area contributed by atoms with Crippen molar-refractivity contribution < 1.29 is 9.53 Å². The van der Waals surface area contributed by atoms with Gasteiger partial charge in [-0.1, -0.05) is 0 Å². The van der Waals surface area contributed by atoms with Gasteiger partial charge >= 0.3 is 5.97 Å². The van der Waals surface area contributed by atoms with Crippen LogP contribution in [-0.4, -0.2) is 38.7 Å². The number of aromatic nitrogens is 4. The van der Waals surface area contributed by atoms with Gasteiger partial charge in [0.2, 0.25) is 0 Å². The third-order valence-electron chi connectivity index (χ3n) is 3.30. The van der Waals surface area contributed by atoms with Crippen LogP contribution in [-0.2, 0) is 9.53 Å². The first-order valence-electron chi connectivity index (χ1n) is 7.28. The van der Waals surface area contributed by atoms with Crippen LogP contribution in [0.2, 0.25) is 0 Å². The van der Waals surface area contributed by atoms with Crippen molar-refractivity contribution in [2.75, 3.05) is 18.5 Å². The van der Waals surface area contributed by atoms with Gasteiger partial charge in [-0.25, -0.2) is 4.98 Å². The minimum Gasteiger partial charge on any atom is -0.464 e. The number of carbonyl (C=O) groups is 1. The fourth-order valence-corrected chi connectivity index (χ4v) is 2.32. The van der Waals surface area contributed by atoms with E-state index < -0.39 is 0 Å². The van der Waals surface area contributed by atoms with Crippen LogP contribution in [0.15, 0.2) is 36.8 Å². The van der Waals surface area contributed by atoms with Crippen LogP contribution in [0.3, 0.4) is 0 Å². The lowest BCUT2D eigenvalue weighted by atomic mass is 10.1. The minimum absolute atomic E-state index is 0.290. The Morgan fingerprint density at radius 3 is 2.87 bits per heavy atom. The summed E-state index contributed by atoms with van der Waals surface area (Å²) in [5.74, 6) is 0.516. The van der Waals surface area contributed by atoms with E-state index in [1.807, 2.05) is 25.1 Å². The molecule has 0 aromatic carbocycles. The average Bonchev–Trinajstić information content (AvgIpc) is 2.95. The zero-order chi connectivity index (χ0) is 16.2. The Bertz CT molecular complexity index is 829. The smallest absolute Gasteiger partial charge is 0.302 e. The molecule has 0 amide bonds. The first-order valence-corrected chi connectivity index (χ1v) is 7.28. The number of carbonyl (C=O) groups excluding carboxylic acids is 1. The lowest BCUT2D eigenvalue weighted by molar-refractivity contribution is -0.140. The molecule has 0 aliphatic heterocycles. The normalized spacial score (nSPS) is 10.7. The standard InChI is InChI=1S/C16H17N5O2/c1-11-9-15(18-7-8-23-12(2)22)21-16(20-11)14(10-19-21)13-3-5-17-6-4-13/h3-6,9-10,18H,7-8H2,1-2H3. The van der Waals surface area contributed by atoms with Gasteiger partial charge in [0.1, 0.15) is 12.4 Å². The summed E-state index contributed by atoms with van der Waals surface area (Å²) < 4.78 is 6.67. The van der Waals surface area contributed by atoms with Crippen molar-refractivity contribution in [3.8, 4) is 11.1 Å². The van der Waals surface area contributed by atoms with Crippen LogP contribution in [0.5, 0.6) is 0 Å². The summed E-state index contributed by atoms with van der Waals surface area (Å²) in [5.41, 5.74) is 3.60. The maximum Gasteiger partial charge on any atom is 0.302 e. The molecule has 3 aromatic heterocycles. The van der Waals surface area contributed by atoms with Gasteiger partial charge in [0, 0.05) is 36.6 Å². The molecular formula is C16H17N5O2. The van der Waals surface area contributed by atoms with E-state index in [2.05, 4.69) is 20.4 Å². The number of aryl methyl sites for hydroxylation is 1. The number of hydrogen-bond donors (Lipinski definition) is 1. The van der Waals surface area contributed by atoms with Crippen LogP contribution in [0.1, 0.15) is 12.6 Å². The van der Waals surface area contributed by atoms with Gasteiger partial charge in [-0.05, 0) is 24.6 Å². The van der Waals surface area contributed by atoms with Gasteiger partial charge < -0.3 is 10.1 Å². The van der Waals surface area contributed by atoms with Crippen LogP contribution >= 0.6 is 0 Å². The van der Waals surface area contributed by atoms with Gasteiger partial charge in [-0.15, -0.1) is 0 Å². The molecule has 3 rings (SSSR count). The quantitative estimate of drug-likeness (QED) is 0.574. The Balaban J connectivity index is 1.91. The summed E-state index contributed by atoms with van der Waals surface area (Å²) in [6.07, 6.45) is 5.27. The number of ether oxygens (including phenoxy) is 1. The molecule has 0 spiro atoms. The molecular weight excluding hydrogens is 294 g/mol. The zero-order valence-corrected chi connectivity index (χ0v) is 13.0. The van der Waals surface area contributed by atoms with Crippen LogP contribution < -0.4 is 5.32 Å². The van der Waals surface area contributed by atoms with E-state index in [9.17, 15) is 4.79 Å². The molecule has 3 aromatic rings. The Labute approximate surface area is 133 Å². The van der Waals surface area contributed by atoms with Crippen LogP contribution in [0.4, 0.5) is 5.82 Å². The van der Waals surface area contributed by atoms with Gasteiger partial charge in [-0.3, -0.25) is 9.78 Å². The Morgan fingerprint density at radius 2 is 2.13 bits per heavy atom. The van der Waals surface area contributed by atoms with E-state index in [4.69, 9.17) is 4.74 Å². The predicted octanol–water partition coefficient (Wildman–Crippen LogP) is 2.07. The lowest BCUT2D eigenvalue weighted by Gasteiger charge is -2.09. The molecule has 0 saturated carbocycles. The minimum atomic E-state index is -0.290. The van der Waals surface area contributed by atoms with Crippen molar-refractivity contribution in [3.05, 3.63) is 42.5 Å². The second-order valence-electron chi connectivity index (χ2n) is 5.08. The van der Waals surface area contributed by atoms with E-state index in [1.54, 1.807) is 23.1 Å². The monoisotopic (exact) mass is 311 g/mol. The van der Waals surface area contributed by atoms with Gasteiger partial charge in [-0.2, -0.15) is 9.61 Å². The lowest BCUT2D eigenvalue weighted by Crippen LogP contribution is -2.14. The summed E-state index contributed by atoms with van der Waals surface area (Å²) in [7, 11) is 0. The van der Waals surface area contributed by atoms with E-state index in [0.717, 1.165) is 28.3 Å². The third-order valence-corrected chi connectivity index (χ3v) is 3.30. The molecule has 0 unspecified atom stereocenters. The predicted molar refractivity (Wildman–Crippen MR) is 86.1 cm³/mol. The summed E-state index contributed by atoms with van der Waals surface area (Å²) in [5, 5.41) is 7.63. The summed E-state index contributed by atoms with van der Waals surface area (Å²) in [4.78, 5) is 19.4. The number of anilines is 1. The number of nitrogens with one attached hydrogen (secondary N) is 1. The fourth-order valence-electron chi connectivity index (χ4n) is 2.32. The highest BCUT2D eigenvalue weighted by Crippen LogP contribution is 2.25. The molecule has 7 nitrogen and oxygen atoms in total. The largest absolute Gasteiger partial charge is 0.464 e. The molecule has 3 heterocycles. The Morgan fingerprint density at radius 1 is 1.35 bits per heavy atom.